The summed E-state index contributed by atoms with van der Waals surface area (Å²) in [7, 11) is 0. The topological polar surface area (TPSA) is 73.8 Å². The molecule has 0 aromatic carbocycles. The van der Waals surface area contributed by atoms with Gasteiger partial charge < -0.3 is 37.9 Å². The van der Waals surface area contributed by atoms with Crippen LogP contribution in [-0.2, 0) is 37.9 Å². The molecule has 0 aromatic rings. The Morgan fingerprint density at radius 1 is 0.806 bits per heavy atom. The third-order valence-electron chi connectivity index (χ3n) is 6.21. The summed E-state index contributed by atoms with van der Waals surface area (Å²) in [5.74, 6) is -1.28. The van der Waals surface area contributed by atoms with Gasteiger partial charge in [0.1, 0.15) is 24.4 Å². The minimum Gasteiger partial charge on any atom is -0.372 e. The zero-order valence-electron chi connectivity index (χ0n) is 19.5. The van der Waals surface area contributed by atoms with Crippen LogP contribution in [0.2, 0.25) is 0 Å². The molecule has 4 rings (SSSR count). The first-order chi connectivity index (χ1) is 14.8. The van der Waals surface area contributed by atoms with Gasteiger partial charge in [0, 0.05) is 19.8 Å². The summed E-state index contributed by atoms with van der Waals surface area (Å²) in [5.41, 5.74) is 0. The number of hydrogen-bond acceptors (Lipinski definition) is 8. The molecular weight excluding hydrogens is 404 g/mol. The van der Waals surface area contributed by atoms with Crippen LogP contribution < -0.4 is 0 Å². The minimum atomic E-state index is -0.670. The zero-order valence-corrected chi connectivity index (χ0v) is 19.5. The first-order valence-electron chi connectivity index (χ1n) is 12.0. The highest BCUT2D eigenvalue weighted by molar-refractivity contribution is 4.98. The van der Waals surface area contributed by atoms with E-state index >= 15 is 0 Å². The number of unbranched alkanes of at least 4 members (excludes halogenated alkanes) is 3. The molecule has 0 aromatic heterocycles. The van der Waals surface area contributed by atoms with Crippen molar-refractivity contribution in [3.05, 3.63) is 0 Å². The highest BCUT2D eigenvalue weighted by Crippen LogP contribution is 2.42. The molecule has 180 valence electrons. The summed E-state index contributed by atoms with van der Waals surface area (Å²) < 4.78 is 47.7. The van der Waals surface area contributed by atoms with Crippen LogP contribution in [-0.4, -0.2) is 75.0 Å². The molecule has 0 radical (unpaired) electrons. The molecule has 0 amide bonds. The van der Waals surface area contributed by atoms with Gasteiger partial charge in [-0.25, -0.2) is 0 Å². The Bertz CT molecular complexity index is 562. The van der Waals surface area contributed by atoms with Crippen LogP contribution in [0.5, 0.6) is 0 Å². The van der Waals surface area contributed by atoms with Crippen molar-refractivity contribution in [2.24, 2.45) is 0 Å². The van der Waals surface area contributed by atoms with Crippen molar-refractivity contribution in [3.8, 4) is 0 Å². The molecule has 0 bridgehead atoms. The van der Waals surface area contributed by atoms with Gasteiger partial charge in [0.2, 0.25) is 0 Å². The van der Waals surface area contributed by atoms with Crippen molar-refractivity contribution in [2.75, 3.05) is 26.4 Å². The van der Waals surface area contributed by atoms with Crippen LogP contribution in [0.1, 0.15) is 72.6 Å². The Balaban J connectivity index is 1.17. The van der Waals surface area contributed by atoms with E-state index in [-0.39, 0.29) is 30.7 Å². The van der Waals surface area contributed by atoms with Crippen molar-refractivity contribution in [1.82, 2.24) is 0 Å². The third-order valence-corrected chi connectivity index (χ3v) is 6.21. The average Bonchev–Trinajstić information content (AvgIpc) is 3.34. The molecule has 4 fully saturated rings. The Kier molecular flexibility index (Phi) is 7.92. The largest absolute Gasteiger partial charge is 0.372 e. The monoisotopic (exact) mass is 444 g/mol. The molecule has 8 heteroatoms. The highest BCUT2D eigenvalue weighted by Gasteiger charge is 2.58. The molecule has 0 spiro atoms. The number of hydrogen-bond donors (Lipinski definition) is 0. The van der Waals surface area contributed by atoms with Crippen LogP contribution in [0, 0.1) is 0 Å². The standard InChI is InChI=1S/C23H40O8/c1-22(2)27-15-16(29-22)18-19(20-21(28-18)31-23(3,4)30-20)26-14-9-6-5-8-12-24-17-11-7-10-13-25-17/h16-21H,5-15H2,1-4H3/t16-,17?,18-,19+,20-,21-/m1/s1. The van der Waals surface area contributed by atoms with Gasteiger partial charge >= 0.3 is 0 Å². The lowest BCUT2D eigenvalue weighted by Crippen LogP contribution is -2.44. The van der Waals surface area contributed by atoms with Gasteiger partial charge in [-0.1, -0.05) is 12.8 Å². The van der Waals surface area contributed by atoms with E-state index in [4.69, 9.17) is 37.9 Å². The predicted molar refractivity (Wildman–Crippen MR) is 111 cm³/mol. The molecule has 8 nitrogen and oxygen atoms in total. The van der Waals surface area contributed by atoms with E-state index in [2.05, 4.69) is 0 Å². The Morgan fingerprint density at radius 3 is 2.26 bits per heavy atom. The van der Waals surface area contributed by atoms with Crippen molar-refractivity contribution in [1.29, 1.82) is 0 Å². The second-order valence-electron chi connectivity index (χ2n) is 9.85. The zero-order chi connectivity index (χ0) is 21.9. The normalized spacial score (nSPS) is 39.1. The summed E-state index contributed by atoms with van der Waals surface area (Å²) in [6.07, 6.45) is 6.26. The molecule has 4 heterocycles. The molecule has 4 aliphatic rings. The highest BCUT2D eigenvalue weighted by atomic mass is 16.8. The predicted octanol–water partition coefficient (Wildman–Crippen LogP) is 3.50. The van der Waals surface area contributed by atoms with Crippen LogP contribution in [0.4, 0.5) is 0 Å². The second kappa shape index (κ2) is 10.3. The lowest BCUT2D eigenvalue weighted by molar-refractivity contribution is -0.236. The van der Waals surface area contributed by atoms with E-state index in [0.717, 1.165) is 51.7 Å². The maximum absolute atomic E-state index is 6.29. The van der Waals surface area contributed by atoms with Crippen LogP contribution in [0.25, 0.3) is 0 Å². The first kappa shape index (κ1) is 23.8. The fourth-order valence-corrected chi connectivity index (χ4v) is 4.70. The summed E-state index contributed by atoms with van der Waals surface area (Å²) in [5, 5.41) is 0. The number of fused-ring (bicyclic) bond motifs is 1. The minimum absolute atomic E-state index is 0.00831. The van der Waals surface area contributed by atoms with E-state index < -0.39 is 17.9 Å². The summed E-state index contributed by atoms with van der Waals surface area (Å²) in [6, 6.07) is 0. The fourth-order valence-electron chi connectivity index (χ4n) is 4.70. The van der Waals surface area contributed by atoms with Gasteiger partial charge in [-0.05, 0) is 59.8 Å². The molecule has 6 atom stereocenters. The fraction of sp³-hybridized carbons (Fsp3) is 1.00. The maximum atomic E-state index is 6.29. The lowest BCUT2D eigenvalue weighted by Gasteiger charge is -2.29. The van der Waals surface area contributed by atoms with Gasteiger partial charge in [-0.3, -0.25) is 0 Å². The maximum Gasteiger partial charge on any atom is 0.190 e. The van der Waals surface area contributed by atoms with Crippen molar-refractivity contribution in [2.45, 2.75) is 121 Å². The van der Waals surface area contributed by atoms with E-state index in [9.17, 15) is 0 Å². The Morgan fingerprint density at radius 2 is 1.58 bits per heavy atom. The van der Waals surface area contributed by atoms with Crippen LogP contribution in [0.3, 0.4) is 0 Å². The Hall–Kier alpha value is -0.320. The lowest BCUT2D eigenvalue weighted by atomic mass is 10.1. The molecular formula is C23H40O8. The summed E-state index contributed by atoms with van der Waals surface area (Å²) >= 11 is 0. The SMILES string of the molecule is CC1(C)O[C@H]2O[C@H]([C@H]3COC(C)(C)O3)[C@H](OCCCCCCOC3CCCCO3)[C@H]2O1. The van der Waals surface area contributed by atoms with Crippen molar-refractivity contribution in [3.63, 3.8) is 0 Å². The summed E-state index contributed by atoms with van der Waals surface area (Å²) in [6.45, 7) is 10.4. The van der Waals surface area contributed by atoms with Crippen LogP contribution in [0.15, 0.2) is 0 Å². The van der Waals surface area contributed by atoms with Crippen LogP contribution >= 0.6 is 0 Å². The van der Waals surface area contributed by atoms with Gasteiger partial charge in [0.25, 0.3) is 0 Å². The van der Waals surface area contributed by atoms with Crippen molar-refractivity contribution < 1.29 is 37.9 Å². The number of rotatable bonds is 10. The molecule has 1 unspecified atom stereocenters. The quantitative estimate of drug-likeness (QED) is 0.474. The Labute approximate surface area is 186 Å². The van der Waals surface area contributed by atoms with Gasteiger partial charge in [-0.2, -0.15) is 0 Å². The van der Waals surface area contributed by atoms with Gasteiger partial charge in [0.05, 0.1) is 6.61 Å². The molecule has 0 saturated carbocycles. The molecule has 31 heavy (non-hydrogen) atoms. The number of ether oxygens (including phenoxy) is 8. The van der Waals surface area contributed by atoms with E-state index in [1.807, 2.05) is 27.7 Å². The molecule has 0 aliphatic carbocycles. The summed E-state index contributed by atoms with van der Waals surface area (Å²) in [4.78, 5) is 0. The third kappa shape index (κ3) is 6.38. The smallest absolute Gasteiger partial charge is 0.190 e. The van der Waals surface area contributed by atoms with E-state index in [0.29, 0.717) is 13.2 Å². The second-order valence-corrected chi connectivity index (χ2v) is 9.85. The van der Waals surface area contributed by atoms with Crippen molar-refractivity contribution >= 4 is 0 Å². The van der Waals surface area contributed by atoms with E-state index in [1.165, 1.54) is 6.42 Å². The molecule has 4 aliphatic heterocycles. The molecule has 4 saturated heterocycles. The van der Waals surface area contributed by atoms with Gasteiger partial charge in [-0.15, -0.1) is 0 Å². The van der Waals surface area contributed by atoms with Gasteiger partial charge in [0.15, 0.2) is 24.2 Å². The molecule has 0 N–H and O–H groups in total. The van der Waals surface area contributed by atoms with E-state index in [1.54, 1.807) is 0 Å². The average molecular weight is 445 g/mol. The first-order valence-corrected chi connectivity index (χ1v) is 12.0.